The molecule has 5 N–H and O–H groups in total. The van der Waals surface area contributed by atoms with E-state index in [9.17, 15) is 30.3 Å². The van der Waals surface area contributed by atoms with Crippen molar-refractivity contribution < 1.29 is 30.3 Å². The summed E-state index contributed by atoms with van der Waals surface area (Å²) < 4.78 is 0. The first kappa shape index (κ1) is 26.4. The number of hydrogen-bond donors (Lipinski definition) is 5. The van der Waals surface area contributed by atoms with Crippen molar-refractivity contribution in [2.75, 3.05) is 6.61 Å². The molecular formula is C30H46O6. The highest BCUT2D eigenvalue weighted by molar-refractivity contribution is 5.77. The first-order valence-corrected chi connectivity index (χ1v) is 13.9. The maximum atomic E-state index is 12.8. The van der Waals surface area contributed by atoms with Gasteiger partial charge in [-0.3, -0.25) is 4.79 Å². The van der Waals surface area contributed by atoms with Gasteiger partial charge in [-0.2, -0.15) is 0 Å². The number of fused-ring (bicyclic) bond motifs is 7. The molecule has 0 spiro atoms. The van der Waals surface area contributed by atoms with Gasteiger partial charge < -0.3 is 25.5 Å². The molecule has 5 aliphatic carbocycles. The zero-order chi connectivity index (χ0) is 26.6. The quantitative estimate of drug-likeness (QED) is 0.365. The van der Waals surface area contributed by atoms with Gasteiger partial charge in [0, 0.05) is 17.3 Å². The summed E-state index contributed by atoms with van der Waals surface area (Å²) in [4.78, 5) is 12.8. The lowest BCUT2D eigenvalue weighted by Crippen LogP contribution is -2.71. The number of carboxylic acids is 1. The molecule has 0 aromatic carbocycles. The molecule has 0 aliphatic heterocycles. The van der Waals surface area contributed by atoms with E-state index in [1.807, 2.05) is 0 Å². The summed E-state index contributed by atoms with van der Waals surface area (Å²) >= 11 is 0. The number of aliphatic hydroxyl groups is 4. The molecule has 12 atom stereocenters. The molecule has 0 amide bonds. The Morgan fingerprint density at radius 1 is 1.06 bits per heavy atom. The average molecular weight is 503 g/mol. The first-order valence-electron chi connectivity index (χ1n) is 13.9. The van der Waals surface area contributed by atoms with Gasteiger partial charge in [-0.05, 0) is 73.0 Å². The third kappa shape index (κ3) is 2.91. The van der Waals surface area contributed by atoms with E-state index in [-0.39, 0.29) is 41.1 Å². The highest BCUT2D eigenvalue weighted by Gasteiger charge is 2.72. The Balaban J connectivity index is 1.66. The fourth-order valence-corrected chi connectivity index (χ4v) is 10.9. The first-order chi connectivity index (χ1) is 16.6. The molecule has 4 saturated carbocycles. The van der Waals surface area contributed by atoms with E-state index in [0.717, 1.165) is 24.8 Å². The Morgan fingerprint density at radius 2 is 1.72 bits per heavy atom. The van der Waals surface area contributed by atoms with Crippen LogP contribution in [0.3, 0.4) is 0 Å². The molecule has 4 fully saturated rings. The van der Waals surface area contributed by atoms with E-state index >= 15 is 0 Å². The van der Waals surface area contributed by atoms with E-state index in [1.54, 1.807) is 6.92 Å². The molecule has 5 aliphatic rings. The summed E-state index contributed by atoms with van der Waals surface area (Å²) in [5.41, 5.74) is -0.502. The van der Waals surface area contributed by atoms with E-state index in [2.05, 4.69) is 40.3 Å². The van der Waals surface area contributed by atoms with Crippen LogP contribution in [0.25, 0.3) is 0 Å². The van der Waals surface area contributed by atoms with Crippen LogP contribution in [0, 0.1) is 50.7 Å². The van der Waals surface area contributed by atoms with Gasteiger partial charge in [0.15, 0.2) is 0 Å². The lowest BCUT2D eigenvalue weighted by atomic mass is 9.32. The fraction of sp³-hybridized carbons (Fsp3) is 0.833. The van der Waals surface area contributed by atoms with E-state index in [1.165, 1.54) is 5.57 Å². The Kier molecular flexibility index (Phi) is 5.80. The fourth-order valence-electron chi connectivity index (χ4n) is 10.9. The minimum atomic E-state index is -1.09. The highest BCUT2D eigenvalue weighted by Crippen LogP contribution is 2.75. The van der Waals surface area contributed by atoms with Crippen LogP contribution in [-0.4, -0.2) is 56.4 Å². The van der Waals surface area contributed by atoms with Gasteiger partial charge in [-0.25, -0.2) is 0 Å². The Labute approximate surface area is 215 Å². The summed E-state index contributed by atoms with van der Waals surface area (Å²) in [6, 6.07) is 0. The van der Waals surface area contributed by atoms with E-state index in [4.69, 9.17) is 0 Å². The molecule has 0 unspecified atom stereocenters. The van der Waals surface area contributed by atoms with Crippen LogP contribution in [0.15, 0.2) is 23.8 Å². The molecular weight excluding hydrogens is 456 g/mol. The molecule has 0 saturated heterocycles. The molecule has 0 radical (unpaired) electrons. The monoisotopic (exact) mass is 502 g/mol. The van der Waals surface area contributed by atoms with Crippen LogP contribution in [0.5, 0.6) is 0 Å². The standard InChI is InChI=1S/C30H46O6/c1-16-9-10-30(25(35)36)12-11-28(5)18(22(30)17(16)2)7-8-21-26(3)13-20(33)24(34)27(4,15-31)23(26)19(32)14-29(21,28)6/h7,17,19-24,31-34H,1,8-15H2,2-6H3,(H,35,36)/t17-,19+,20+,21-,22-,23+,24-,26+,27-,28+,29+,30-/m0/s1. The summed E-state index contributed by atoms with van der Waals surface area (Å²) in [6.45, 7) is 14.7. The molecule has 0 heterocycles. The Bertz CT molecular complexity index is 1010. The van der Waals surface area contributed by atoms with Gasteiger partial charge in [0.25, 0.3) is 0 Å². The lowest BCUT2D eigenvalue weighted by Gasteiger charge is -2.72. The SMILES string of the molecule is C=C1CC[C@]2(C(=O)O)CC[C@]3(C)C(=CC[C@H]4[C@@]5(C)C[C@@H](O)[C@H](O)[C@@](C)(CO)[C@@H]5[C@H](O)C[C@]43C)[C@@H]2[C@H]1C. The third-order valence-electron chi connectivity index (χ3n) is 13.0. The number of carbonyl (C=O) groups is 1. The summed E-state index contributed by atoms with van der Waals surface area (Å²) in [7, 11) is 0. The van der Waals surface area contributed by atoms with Crippen molar-refractivity contribution >= 4 is 5.97 Å². The van der Waals surface area contributed by atoms with Gasteiger partial charge in [0.05, 0.1) is 30.3 Å². The van der Waals surface area contributed by atoms with E-state index < -0.39 is 40.5 Å². The number of hydrogen-bond acceptors (Lipinski definition) is 5. The molecule has 202 valence electrons. The van der Waals surface area contributed by atoms with Gasteiger partial charge in [0.1, 0.15) is 0 Å². The number of aliphatic carboxylic acids is 1. The molecule has 0 aromatic rings. The second-order valence-corrected chi connectivity index (χ2v) is 14.2. The van der Waals surface area contributed by atoms with Crippen molar-refractivity contribution in [1.82, 2.24) is 0 Å². The van der Waals surface area contributed by atoms with Crippen molar-refractivity contribution in [3.63, 3.8) is 0 Å². The van der Waals surface area contributed by atoms with Gasteiger partial charge in [0.2, 0.25) is 0 Å². The molecule has 6 nitrogen and oxygen atoms in total. The van der Waals surface area contributed by atoms with Gasteiger partial charge >= 0.3 is 5.97 Å². The molecule has 5 rings (SSSR count). The summed E-state index contributed by atoms with van der Waals surface area (Å²) in [5, 5.41) is 54.6. The second-order valence-electron chi connectivity index (χ2n) is 14.2. The maximum absolute atomic E-state index is 12.8. The molecule has 36 heavy (non-hydrogen) atoms. The van der Waals surface area contributed by atoms with Gasteiger partial charge in [-0.15, -0.1) is 0 Å². The van der Waals surface area contributed by atoms with Crippen LogP contribution in [0.2, 0.25) is 0 Å². The van der Waals surface area contributed by atoms with Crippen LogP contribution >= 0.6 is 0 Å². The van der Waals surface area contributed by atoms with Gasteiger partial charge in [-0.1, -0.05) is 58.4 Å². The predicted octanol–water partition coefficient (Wildman–Crippen LogP) is 3.92. The van der Waals surface area contributed by atoms with Crippen LogP contribution in [-0.2, 0) is 4.79 Å². The zero-order valence-corrected chi connectivity index (χ0v) is 22.6. The van der Waals surface area contributed by atoms with Crippen molar-refractivity contribution in [3.8, 4) is 0 Å². The topological polar surface area (TPSA) is 118 Å². The molecule has 0 aromatic heterocycles. The minimum absolute atomic E-state index is 0.0852. The van der Waals surface area contributed by atoms with Crippen molar-refractivity contribution in [3.05, 3.63) is 23.8 Å². The Morgan fingerprint density at radius 3 is 2.33 bits per heavy atom. The molecule has 6 heteroatoms. The Hall–Kier alpha value is -1.21. The number of carboxylic acid groups (broad SMARTS) is 1. The van der Waals surface area contributed by atoms with Crippen LogP contribution in [0.4, 0.5) is 0 Å². The van der Waals surface area contributed by atoms with Crippen LogP contribution < -0.4 is 0 Å². The number of rotatable bonds is 2. The largest absolute Gasteiger partial charge is 0.481 e. The summed E-state index contributed by atoms with van der Waals surface area (Å²) in [6.07, 6.45) is 3.93. The predicted molar refractivity (Wildman–Crippen MR) is 137 cm³/mol. The lowest BCUT2D eigenvalue weighted by molar-refractivity contribution is -0.273. The summed E-state index contributed by atoms with van der Waals surface area (Å²) in [5.74, 6) is -0.931. The van der Waals surface area contributed by atoms with Crippen molar-refractivity contribution in [1.29, 1.82) is 0 Å². The van der Waals surface area contributed by atoms with Crippen LogP contribution in [0.1, 0.15) is 79.6 Å². The van der Waals surface area contributed by atoms with E-state index in [0.29, 0.717) is 25.7 Å². The zero-order valence-electron chi connectivity index (χ0n) is 22.6. The molecule has 0 bridgehead atoms. The highest BCUT2D eigenvalue weighted by atomic mass is 16.4. The van der Waals surface area contributed by atoms with Crippen molar-refractivity contribution in [2.24, 2.45) is 50.7 Å². The normalized spacial score (nSPS) is 56.5. The smallest absolute Gasteiger partial charge is 0.310 e. The second kappa shape index (κ2) is 7.91. The van der Waals surface area contributed by atoms with Crippen molar-refractivity contribution in [2.45, 2.75) is 97.9 Å². The minimum Gasteiger partial charge on any atom is -0.481 e. The maximum Gasteiger partial charge on any atom is 0.310 e. The average Bonchev–Trinajstić information content (AvgIpc) is 2.80. The number of allylic oxidation sites excluding steroid dienone is 3. The number of aliphatic hydroxyl groups excluding tert-OH is 4. The third-order valence-corrected chi connectivity index (χ3v) is 13.0.